The van der Waals surface area contributed by atoms with Gasteiger partial charge in [0.05, 0.1) is 0 Å². The van der Waals surface area contributed by atoms with Crippen molar-refractivity contribution >= 4 is 10.8 Å². The average molecular weight is 554 g/mol. The Morgan fingerprint density at radius 3 is 1.70 bits per heavy atom. The van der Waals surface area contributed by atoms with Gasteiger partial charge in [-0.15, -0.1) is 0 Å². The molecule has 0 aliphatic heterocycles. The molecule has 0 radical (unpaired) electrons. The maximum atomic E-state index is 4.81. The molecule has 6 aromatic rings. The first-order valence-electron chi connectivity index (χ1n) is 14.9. The molecule has 0 atom stereocenters. The van der Waals surface area contributed by atoms with E-state index in [1.807, 2.05) is 60.7 Å². The Kier molecular flexibility index (Phi) is 5.34. The second kappa shape index (κ2) is 8.96. The molecule has 0 saturated heterocycles. The zero-order valence-electron chi connectivity index (χ0n) is 25.1. The molecule has 1 aromatic heterocycles. The van der Waals surface area contributed by atoms with Gasteiger partial charge < -0.3 is 0 Å². The summed E-state index contributed by atoms with van der Waals surface area (Å²) in [6.45, 7) is 11.7. The molecule has 0 N–H and O–H groups in total. The topological polar surface area (TPSA) is 38.7 Å². The summed E-state index contributed by atoms with van der Waals surface area (Å²) in [6, 6.07) is 33.9. The Morgan fingerprint density at radius 2 is 1.09 bits per heavy atom. The van der Waals surface area contributed by atoms with Gasteiger partial charge in [0.1, 0.15) is 0 Å². The zero-order chi connectivity index (χ0) is 29.5. The quantitative estimate of drug-likeness (QED) is 0.201. The minimum Gasteiger partial charge on any atom is -0.208 e. The van der Waals surface area contributed by atoms with Gasteiger partial charge in [0.2, 0.25) is 5.82 Å². The summed E-state index contributed by atoms with van der Waals surface area (Å²) in [5.41, 5.74) is 12.2. The van der Waals surface area contributed by atoms with E-state index < -0.39 is 0 Å². The van der Waals surface area contributed by atoms with Crippen molar-refractivity contribution in [1.29, 1.82) is 0 Å². The largest absolute Gasteiger partial charge is 0.209 e. The van der Waals surface area contributed by atoms with Gasteiger partial charge in [-0.1, -0.05) is 119 Å². The molecule has 0 spiro atoms. The Hall–Kier alpha value is -5.07. The van der Waals surface area contributed by atoms with Crippen LogP contribution < -0.4 is 0 Å². The van der Waals surface area contributed by atoms with Crippen molar-refractivity contribution in [3.63, 3.8) is 0 Å². The maximum Gasteiger partial charge on any atom is 0.209 e. The van der Waals surface area contributed by atoms with E-state index in [-0.39, 0.29) is 10.8 Å². The van der Waals surface area contributed by atoms with Gasteiger partial charge >= 0.3 is 0 Å². The number of aromatic nitrogens is 3. The van der Waals surface area contributed by atoms with E-state index in [1.54, 1.807) is 0 Å². The molecule has 1 heterocycles. The van der Waals surface area contributed by atoms with Crippen LogP contribution in [0, 0.1) is 18.8 Å². The highest BCUT2D eigenvalue weighted by molar-refractivity contribution is 6.09. The predicted molar refractivity (Wildman–Crippen MR) is 175 cm³/mol. The SMILES string of the molecule is Cc1cc2c3c4c(cccc14)C(C)(C)c1cc(C#Cc4nc(-c5ccccc5)nc(-c5ccccc5)n4)cc(c1-3)C2(C)C. The maximum absolute atomic E-state index is 4.81. The summed E-state index contributed by atoms with van der Waals surface area (Å²) in [7, 11) is 0. The van der Waals surface area contributed by atoms with E-state index in [4.69, 9.17) is 15.0 Å². The summed E-state index contributed by atoms with van der Waals surface area (Å²) >= 11 is 0. The first-order chi connectivity index (χ1) is 20.7. The molecule has 43 heavy (non-hydrogen) atoms. The van der Waals surface area contributed by atoms with Gasteiger partial charge in [-0.2, -0.15) is 0 Å². The van der Waals surface area contributed by atoms with Crippen LogP contribution in [0.4, 0.5) is 0 Å². The van der Waals surface area contributed by atoms with Gasteiger partial charge in [0, 0.05) is 27.5 Å². The fourth-order valence-electron chi connectivity index (χ4n) is 7.18. The molecular weight excluding hydrogens is 522 g/mol. The highest BCUT2D eigenvalue weighted by atomic mass is 15.0. The van der Waals surface area contributed by atoms with Crippen molar-refractivity contribution in [2.75, 3.05) is 0 Å². The summed E-state index contributed by atoms with van der Waals surface area (Å²) < 4.78 is 0. The fourth-order valence-corrected chi connectivity index (χ4v) is 7.18. The smallest absolute Gasteiger partial charge is 0.208 e. The van der Waals surface area contributed by atoms with Gasteiger partial charge in [-0.25, -0.2) is 15.0 Å². The fraction of sp³-hybridized carbons (Fsp3) is 0.175. The molecule has 0 amide bonds. The third kappa shape index (κ3) is 3.73. The molecular formula is C40H31N3. The van der Waals surface area contributed by atoms with Crippen LogP contribution in [0.15, 0.2) is 97.1 Å². The molecule has 0 saturated carbocycles. The van der Waals surface area contributed by atoms with E-state index in [9.17, 15) is 0 Å². The van der Waals surface area contributed by atoms with Crippen LogP contribution in [0.3, 0.4) is 0 Å². The van der Waals surface area contributed by atoms with Crippen molar-refractivity contribution in [1.82, 2.24) is 15.0 Å². The normalized spacial score (nSPS) is 14.8. The molecule has 5 aromatic carbocycles. The van der Waals surface area contributed by atoms with Crippen molar-refractivity contribution in [2.45, 2.75) is 45.4 Å². The zero-order valence-corrected chi connectivity index (χ0v) is 25.1. The third-order valence-corrected chi connectivity index (χ3v) is 9.47. The lowest BCUT2D eigenvalue weighted by Crippen LogP contribution is -2.24. The lowest BCUT2D eigenvalue weighted by molar-refractivity contribution is 0.639. The monoisotopic (exact) mass is 553 g/mol. The van der Waals surface area contributed by atoms with Crippen LogP contribution in [0.25, 0.3) is 44.7 Å². The minimum atomic E-state index is -0.159. The van der Waals surface area contributed by atoms with Gasteiger partial charge in [-0.3, -0.25) is 0 Å². The van der Waals surface area contributed by atoms with Gasteiger partial charge in [0.15, 0.2) is 11.6 Å². The highest BCUT2D eigenvalue weighted by Gasteiger charge is 2.45. The Morgan fingerprint density at radius 1 is 0.535 bits per heavy atom. The Labute approximate surface area is 252 Å². The first-order valence-corrected chi connectivity index (χ1v) is 14.9. The van der Waals surface area contributed by atoms with Gasteiger partial charge in [-0.05, 0) is 74.7 Å². The Bertz CT molecular complexity index is 2120. The first kappa shape index (κ1) is 25.6. The lowest BCUT2D eigenvalue weighted by Gasteiger charge is -2.35. The van der Waals surface area contributed by atoms with Crippen molar-refractivity contribution in [3.05, 3.63) is 136 Å². The molecule has 206 valence electrons. The summed E-state index contributed by atoms with van der Waals surface area (Å²) in [5.74, 6) is 8.52. The number of hydrogen-bond acceptors (Lipinski definition) is 3. The van der Waals surface area contributed by atoms with Crippen LogP contribution in [0.5, 0.6) is 0 Å². The van der Waals surface area contributed by atoms with E-state index in [0.29, 0.717) is 17.5 Å². The summed E-state index contributed by atoms with van der Waals surface area (Å²) in [4.78, 5) is 14.4. The molecule has 2 aliphatic carbocycles. The molecule has 2 aliphatic rings. The summed E-state index contributed by atoms with van der Waals surface area (Å²) in [6.07, 6.45) is 0. The number of benzene rings is 5. The number of rotatable bonds is 2. The molecule has 3 nitrogen and oxygen atoms in total. The second-order valence-corrected chi connectivity index (χ2v) is 12.8. The van der Waals surface area contributed by atoms with Crippen LogP contribution in [0.2, 0.25) is 0 Å². The van der Waals surface area contributed by atoms with E-state index >= 15 is 0 Å². The number of aryl methyl sites for hydroxylation is 1. The molecule has 8 rings (SSSR count). The molecule has 0 fully saturated rings. The molecule has 0 bridgehead atoms. The Balaban J connectivity index is 1.32. The molecule has 0 unspecified atom stereocenters. The number of hydrogen-bond donors (Lipinski definition) is 0. The summed E-state index contributed by atoms with van der Waals surface area (Å²) in [5, 5.41) is 2.79. The third-order valence-electron chi connectivity index (χ3n) is 9.47. The van der Waals surface area contributed by atoms with Crippen molar-refractivity contribution in [2.24, 2.45) is 0 Å². The van der Waals surface area contributed by atoms with Crippen molar-refractivity contribution < 1.29 is 0 Å². The minimum absolute atomic E-state index is 0.127. The highest BCUT2D eigenvalue weighted by Crippen LogP contribution is 2.60. The van der Waals surface area contributed by atoms with E-state index in [0.717, 1.165) is 16.7 Å². The predicted octanol–water partition coefficient (Wildman–Crippen LogP) is 9.01. The van der Waals surface area contributed by atoms with Crippen LogP contribution >= 0.6 is 0 Å². The second-order valence-electron chi connectivity index (χ2n) is 12.8. The van der Waals surface area contributed by atoms with E-state index in [1.165, 1.54) is 49.7 Å². The lowest BCUT2D eigenvalue weighted by atomic mass is 9.68. The average Bonchev–Trinajstić information content (AvgIpc) is 3.25. The van der Waals surface area contributed by atoms with Gasteiger partial charge in [0.25, 0.3) is 0 Å². The van der Waals surface area contributed by atoms with E-state index in [2.05, 4.69) is 82.9 Å². The molecule has 3 heteroatoms. The van der Waals surface area contributed by atoms with Crippen LogP contribution in [-0.2, 0) is 10.8 Å². The number of nitrogens with zero attached hydrogens (tertiary/aromatic N) is 3. The van der Waals surface area contributed by atoms with Crippen LogP contribution in [0.1, 0.15) is 66.9 Å². The standard InChI is InChI=1S/C40H31N3/c1-24-21-30-36-34-28(24)17-12-18-29(34)39(2,3)31-22-25(23-32(35(31)36)40(30,4)5)19-20-33-41-37(26-13-8-6-9-14-26)43-38(42-33)27-15-10-7-11-16-27/h6-18,21-23H,1-5H3. The van der Waals surface area contributed by atoms with Crippen LogP contribution in [-0.4, -0.2) is 15.0 Å². The van der Waals surface area contributed by atoms with Crippen molar-refractivity contribution in [3.8, 4) is 45.7 Å².